The Bertz CT molecular complexity index is 604. The third kappa shape index (κ3) is 2.71. The van der Waals surface area contributed by atoms with Gasteiger partial charge in [0.2, 0.25) is 5.91 Å². The number of hydrogen-bond acceptors (Lipinski definition) is 3. The van der Waals surface area contributed by atoms with Crippen LogP contribution in [0.1, 0.15) is 42.5 Å². The largest absolute Gasteiger partial charge is 0.334 e. The molecule has 1 N–H and O–H groups in total. The van der Waals surface area contributed by atoms with Crippen molar-refractivity contribution in [2.24, 2.45) is 0 Å². The fourth-order valence-corrected chi connectivity index (χ4v) is 4.53. The topological polar surface area (TPSA) is 52.7 Å². The third-order valence-corrected chi connectivity index (χ3v) is 5.73. The summed E-state index contributed by atoms with van der Waals surface area (Å²) in [6.45, 7) is 2.56. The molecule has 0 aliphatic carbocycles. The summed E-state index contributed by atoms with van der Waals surface area (Å²) < 4.78 is 0. The maximum absolute atomic E-state index is 13.3. The fourth-order valence-electron chi connectivity index (χ4n) is 4.53. The zero-order valence-electron chi connectivity index (χ0n) is 14.0. The highest BCUT2D eigenvalue weighted by atomic mass is 16.2. The molecule has 0 aromatic heterocycles. The molecule has 5 heteroatoms. The molecule has 3 unspecified atom stereocenters. The summed E-state index contributed by atoms with van der Waals surface area (Å²) in [6, 6.07) is 9.71. The Kier molecular flexibility index (Phi) is 4.27. The Morgan fingerprint density at radius 2 is 1.79 bits per heavy atom. The second-order valence-corrected chi connectivity index (χ2v) is 7.15. The summed E-state index contributed by atoms with van der Waals surface area (Å²) in [6.07, 6.45) is 4.93. The number of amides is 2. The van der Waals surface area contributed by atoms with Crippen molar-refractivity contribution in [2.75, 3.05) is 19.6 Å². The van der Waals surface area contributed by atoms with Gasteiger partial charge in [-0.15, -0.1) is 0 Å². The molecule has 1 aromatic carbocycles. The predicted molar refractivity (Wildman–Crippen MR) is 91.6 cm³/mol. The summed E-state index contributed by atoms with van der Waals surface area (Å²) in [5, 5.41) is 3.44. The van der Waals surface area contributed by atoms with Crippen LogP contribution < -0.4 is 5.32 Å². The molecule has 0 spiro atoms. The molecule has 128 valence electrons. The summed E-state index contributed by atoms with van der Waals surface area (Å²) in [7, 11) is 0. The first kappa shape index (κ1) is 15.6. The van der Waals surface area contributed by atoms with Gasteiger partial charge in [0.25, 0.3) is 5.91 Å². The second-order valence-electron chi connectivity index (χ2n) is 7.15. The van der Waals surface area contributed by atoms with E-state index in [0.29, 0.717) is 24.2 Å². The van der Waals surface area contributed by atoms with Crippen LogP contribution in [0.15, 0.2) is 30.3 Å². The highest BCUT2D eigenvalue weighted by Crippen LogP contribution is 2.31. The minimum Gasteiger partial charge on any atom is -0.334 e. The molecular formula is C19H25N3O2. The summed E-state index contributed by atoms with van der Waals surface area (Å²) in [5.74, 6) is 0.166. The van der Waals surface area contributed by atoms with Gasteiger partial charge in [-0.1, -0.05) is 18.2 Å². The van der Waals surface area contributed by atoms with E-state index in [1.54, 1.807) is 4.90 Å². The predicted octanol–water partition coefficient (Wildman–Crippen LogP) is 1.64. The molecule has 3 heterocycles. The van der Waals surface area contributed by atoms with Crippen LogP contribution in [0.2, 0.25) is 0 Å². The Morgan fingerprint density at radius 1 is 1.00 bits per heavy atom. The van der Waals surface area contributed by atoms with Gasteiger partial charge in [-0.2, -0.15) is 0 Å². The first-order valence-electron chi connectivity index (χ1n) is 9.14. The summed E-state index contributed by atoms with van der Waals surface area (Å²) in [5.41, 5.74) is 0.678. The van der Waals surface area contributed by atoms with Gasteiger partial charge in [-0.3, -0.25) is 9.59 Å². The molecule has 24 heavy (non-hydrogen) atoms. The number of carbonyl (C=O) groups is 2. The molecule has 3 atom stereocenters. The molecule has 0 radical (unpaired) electrons. The smallest absolute Gasteiger partial charge is 0.254 e. The van der Waals surface area contributed by atoms with Gasteiger partial charge >= 0.3 is 0 Å². The molecule has 4 rings (SSSR count). The first-order chi connectivity index (χ1) is 11.8. The standard InChI is InChI=1S/C19H25N3O2/c23-18(14-5-2-1-3-6-14)21-12-4-7-17(21)19(24)22-15-8-9-16(22)13-20-11-10-15/h1-3,5-6,15-17,20H,4,7-13H2. The number of likely N-dealkylation sites (tertiary alicyclic amines) is 1. The SMILES string of the molecule is O=C(c1ccccc1)N1CCCC1C(=O)N1C2CCNCC1CC2. The highest BCUT2D eigenvalue weighted by Gasteiger charge is 2.44. The van der Waals surface area contributed by atoms with E-state index in [-0.39, 0.29) is 17.9 Å². The maximum Gasteiger partial charge on any atom is 0.254 e. The summed E-state index contributed by atoms with van der Waals surface area (Å²) in [4.78, 5) is 30.0. The minimum absolute atomic E-state index is 0.00764. The van der Waals surface area contributed by atoms with Crippen LogP contribution in [0.5, 0.6) is 0 Å². The normalized spacial score (nSPS) is 29.6. The van der Waals surface area contributed by atoms with Crippen LogP contribution in [-0.4, -0.2) is 59.4 Å². The van der Waals surface area contributed by atoms with Crippen molar-refractivity contribution in [1.29, 1.82) is 0 Å². The molecule has 3 saturated heterocycles. The quantitative estimate of drug-likeness (QED) is 0.898. The maximum atomic E-state index is 13.3. The lowest BCUT2D eigenvalue weighted by Crippen LogP contribution is -2.52. The van der Waals surface area contributed by atoms with Crippen LogP contribution >= 0.6 is 0 Å². The minimum atomic E-state index is -0.279. The number of benzene rings is 1. The molecule has 2 amide bonds. The van der Waals surface area contributed by atoms with Crippen LogP contribution in [0.25, 0.3) is 0 Å². The van der Waals surface area contributed by atoms with E-state index in [2.05, 4.69) is 10.2 Å². The van der Waals surface area contributed by atoms with Crippen molar-refractivity contribution in [3.8, 4) is 0 Å². The van der Waals surface area contributed by atoms with Crippen LogP contribution in [0, 0.1) is 0 Å². The van der Waals surface area contributed by atoms with Crippen molar-refractivity contribution in [3.63, 3.8) is 0 Å². The average molecular weight is 327 g/mol. The lowest BCUT2D eigenvalue weighted by molar-refractivity contribution is -0.137. The Balaban J connectivity index is 1.54. The third-order valence-electron chi connectivity index (χ3n) is 5.73. The zero-order chi connectivity index (χ0) is 16.5. The van der Waals surface area contributed by atoms with Crippen LogP contribution in [0.3, 0.4) is 0 Å². The van der Waals surface area contributed by atoms with Gasteiger partial charge in [0, 0.05) is 30.7 Å². The van der Waals surface area contributed by atoms with E-state index in [9.17, 15) is 9.59 Å². The molecule has 3 aliphatic heterocycles. The Hall–Kier alpha value is -1.88. The van der Waals surface area contributed by atoms with E-state index < -0.39 is 0 Å². The summed E-state index contributed by atoms with van der Waals surface area (Å²) >= 11 is 0. The van der Waals surface area contributed by atoms with Gasteiger partial charge in [0.05, 0.1) is 0 Å². The van der Waals surface area contributed by atoms with Gasteiger partial charge in [0.15, 0.2) is 0 Å². The van der Waals surface area contributed by atoms with Crippen molar-refractivity contribution in [3.05, 3.63) is 35.9 Å². The number of carbonyl (C=O) groups excluding carboxylic acids is 2. The van der Waals surface area contributed by atoms with E-state index in [1.807, 2.05) is 30.3 Å². The molecule has 5 nitrogen and oxygen atoms in total. The lowest BCUT2D eigenvalue weighted by Gasteiger charge is -2.33. The number of rotatable bonds is 2. The lowest BCUT2D eigenvalue weighted by atomic mass is 10.1. The number of fused-ring (bicyclic) bond motifs is 2. The van der Waals surface area contributed by atoms with Gasteiger partial charge in [-0.05, 0) is 50.8 Å². The molecular weight excluding hydrogens is 302 g/mol. The van der Waals surface area contributed by atoms with Gasteiger partial charge in [0.1, 0.15) is 6.04 Å². The van der Waals surface area contributed by atoms with Gasteiger partial charge in [-0.25, -0.2) is 0 Å². The molecule has 1 aromatic rings. The molecule has 3 aliphatic rings. The van der Waals surface area contributed by atoms with Crippen molar-refractivity contribution < 1.29 is 9.59 Å². The van der Waals surface area contributed by atoms with Gasteiger partial charge < -0.3 is 15.1 Å². The number of hydrogen-bond donors (Lipinski definition) is 1. The molecule has 0 saturated carbocycles. The number of nitrogens with zero attached hydrogens (tertiary/aromatic N) is 2. The highest BCUT2D eigenvalue weighted by molar-refractivity contribution is 5.98. The van der Waals surface area contributed by atoms with E-state index >= 15 is 0 Å². The van der Waals surface area contributed by atoms with Crippen molar-refractivity contribution in [2.45, 2.75) is 50.2 Å². The van der Waals surface area contributed by atoms with Crippen LogP contribution in [0.4, 0.5) is 0 Å². The Morgan fingerprint density at radius 3 is 2.62 bits per heavy atom. The van der Waals surface area contributed by atoms with E-state index in [1.165, 1.54) is 0 Å². The average Bonchev–Trinajstić information content (AvgIpc) is 3.18. The molecule has 2 bridgehead atoms. The zero-order valence-corrected chi connectivity index (χ0v) is 14.0. The fraction of sp³-hybridized carbons (Fsp3) is 0.579. The van der Waals surface area contributed by atoms with E-state index in [0.717, 1.165) is 45.2 Å². The monoisotopic (exact) mass is 327 g/mol. The number of nitrogens with one attached hydrogen (secondary N) is 1. The van der Waals surface area contributed by atoms with E-state index in [4.69, 9.17) is 0 Å². The molecule has 3 fully saturated rings. The first-order valence-corrected chi connectivity index (χ1v) is 9.14. The van der Waals surface area contributed by atoms with Crippen molar-refractivity contribution in [1.82, 2.24) is 15.1 Å². The second kappa shape index (κ2) is 6.55. The van der Waals surface area contributed by atoms with Crippen LogP contribution in [-0.2, 0) is 4.79 Å². The van der Waals surface area contributed by atoms with Crippen molar-refractivity contribution >= 4 is 11.8 Å². The Labute approximate surface area is 143 Å².